The van der Waals surface area contributed by atoms with Gasteiger partial charge in [-0.2, -0.15) is 0 Å². The number of nitrogens with zero attached hydrogens (tertiary/aromatic N) is 1. The molecule has 0 aliphatic heterocycles. The Morgan fingerprint density at radius 3 is 2.30 bits per heavy atom. The van der Waals surface area contributed by atoms with E-state index in [1.54, 1.807) is 11.3 Å². The van der Waals surface area contributed by atoms with E-state index in [2.05, 4.69) is 68.7 Å². The lowest BCUT2D eigenvalue weighted by Gasteiger charge is -2.22. The molecule has 1 N–H and O–H groups in total. The molecule has 0 saturated carbocycles. The Kier molecular flexibility index (Phi) is 4.61. The molecule has 108 valence electrons. The summed E-state index contributed by atoms with van der Waals surface area (Å²) in [5.74, 6) is 0.403. The Hall–Kier alpha value is -1.19. The Balaban J connectivity index is 2.26. The normalized spacial score (nSPS) is 15.1. The van der Waals surface area contributed by atoms with E-state index in [9.17, 15) is 0 Å². The van der Waals surface area contributed by atoms with Crippen molar-refractivity contribution in [1.82, 2.24) is 10.3 Å². The molecule has 0 saturated heterocycles. The molecule has 2 unspecified atom stereocenters. The minimum Gasteiger partial charge on any atom is -0.311 e. The smallest absolute Gasteiger partial charge is 0.110 e. The average molecular weight is 288 g/mol. The van der Waals surface area contributed by atoms with Crippen LogP contribution < -0.4 is 5.32 Å². The highest BCUT2D eigenvalue weighted by Gasteiger charge is 2.24. The third-order valence-corrected chi connectivity index (χ3v) is 4.62. The zero-order chi connectivity index (χ0) is 14.8. The van der Waals surface area contributed by atoms with Crippen LogP contribution in [0.1, 0.15) is 55.9 Å². The molecule has 1 aromatic carbocycles. The molecule has 0 radical (unpaired) electrons. The second kappa shape index (κ2) is 6.06. The van der Waals surface area contributed by atoms with Crippen LogP contribution in [-0.4, -0.2) is 12.0 Å². The lowest BCUT2D eigenvalue weighted by atomic mass is 9.92. The van der Waals surface area contributed by atoms with E-state index in [0.29, 0.717) is 5.92 Å². The zero-order valence-electron chi connectivity index (χ0n) is 13.0. The van der Waals surface area contributed by atoms with Crippen LogP contribution in [0.25, 0.3) is 0 Å². The van der Waals surface area contributed by atoms with E-state index >= 15 is 0 Å². The fourth-order valence-electron chi connectivity index (χ4n) is 2.31. The van der Waals surface area contributed by atoms with Crippen molar-refractivity contribution in [2.75, 3.05) is 7.05 Å². The van der Waals surface area contributed by atoms with Crippen molar-refractivity contribution in [1.29, 1.82) is 0 Å². The van der Waals surface area contributed by atoms with Crippen molar-refractivity contribution in [2.45, 2.75) is 45.1 Å². The Morgan fingerprint density at radius 2 is 1.80 bits per heavy atom. The first-order chi connectivity index (χ1) is 9.43. The molecule has 2 rings (SSSR count). The molecule has 1 heterocycles. The molecule has 20 heavy (non-hydrogen) atoms. The number of likely N-dealkylation sites (N-methyl/N-ethyl adjacent to an activating group) is 1. The van der Waals surface area contributed by atoms with Gasteiger partial charge in [-0.1, -0.05) is 58.0 Å². The number of hydrogen-bond donors (Lipinski definition) is 1. The van der Waals surface area contributed by atoms with Crippen LogP contribution in [0.15, 0.2) is 35.7 Å². The minimum atomic E-state index is 0.114. The van der Waals surface area contributed by atoms with Gasteiger partial charge in [0.05, 0.1) is 11.7 Å². The molecule has 0 spiro atoms. The van der Waals surface area contributed by atoms with E-state index in [4.69, 9.17) is 4.98 Å². The van der Waals surface area contributed by atoms with Crippen LogP contribution in [0.4, 0.5) is 0 Å². The summed E-state index contributed by atoms with van der Waals surface area (Å²) >= 11 is 1.76. The van der Waals surface area contributed by atoms with Crippen molar-refractivity contribution in [3.63, 3.8) is 0 Å². The van der Waals surface area contributed by atoms with Gasteiger partial charge in [0.2, 0.25) is 0 Å². The Morgan fingerprint density at radius 1 is 1.15 bits per heavy atom. The highest BCUT2D eigenvalue weighted by molar-refractivity contribution is 7.09. The second-order valence-electron chi connectivity index (χ2n) is 6.29. The number of rotatable bonds is 4. The lowest BCUT2D eigenvalue weighted by Crippen LogP contribution is -2.22. The van der Waals surface area contributed by atoms with Crippen LogP contribution in [0.5, 0.6) is 0 Å². The Bertz CT molecular complexity index is 540. The lowest BCUT2D eigenvalue weighted by molar-refractivity contribution is 0.498. The van der Waals surface area contributed by atoms with E-state index in [1.165, 1.54) is 16.3 Å². The van der Waals surface area contributed by atoms with Crippen LogP contribution in [0, 0.1) is 0 Å². The molecule has 0 aliphatic carbocycles. The average Bonchev–Trinajstić information content (AvgIpc) is 2.90. The maximum absolute atomic E-state index is 4.86. The van der Waals surface area contributed by atoms with Crippen LogP contribution in [-0.2, 0) is 5.41 Å². The van der Waals surface area contributed by atoms with Gasteiger partial charge < -0.3 is 5.32 Å². The molecule has 0 fully saturated rings. The number of thiazole rings is 1. The van der Waals surface area contributed by atoms with Gasteiger partial charge in [0, 0.05) is 16.7 Å². The number of hydrogen-bond acceptors (Lipinski definition) is 3. The monoisotopic (exact) mass is 288 g/mol. The molecule has 3 heteroatoms. The van der Waals surface area contributed by atoms with Crippen LogP contribution >= 0.6 is 11.3 Å². The summed E-state index contributed by atoms with van der Waals surface area (Å²) < 4.78 is 0. The van der Waals surface area contributed by atoms with Gasteiger partial charge in [0.25, 0.3) is 0 Å². The third kappa shape index (κ3) is 3.28. The summed E-state index contributed by atoms with van der Waals surface area (Å²) in [7, 11) is 2.02. The second-order valence-corrected chi connectivity index (χ2v) is 7.18. The molecule has 2 nitrogen and oxygen atoms in total. The summed E-state index contributed by atoms with van der Waals surface area (Å²) in [5.41, 5.74) is 2.64. The number of nitrogens with one attached hydrogen (secondary N) is 1. The molecule has 2 atom stereocenters. The van der Waals surface area contributed by atoms with Crippen molar-refractivity contribution < 1.29 is 0 Å². The van der Waals surface area contributed by atoms with Crippen molar-refractivity contribution in [3.8, 4) is 0 Å². The predicted octanol–water partition coefficient (Wildman–Crippen LogP) is 4.50. The van der Waals surface area contributed by atoms with E-state index in [-0.39, 0.29) is 11.5 Å². The third-order valence-electron chi connectivity index (χ3n) is 3.69. The summed E-state index contributed by atoms with van der Waals surface area (Å²) in [6.07, 6.45) is 0. The highest BCUT2D eigenvalue weighted by Crippen LogP contribution is 2.34. The van der Waals surface area contributed by atoms with E-state index in [0.717, 1.165) is 0 Å². The molecule has 0 bridgehead atoms. The largest absolute Gasteiger partial charge is 0.311 e. The molecule has 0 aliphatic rings. The van der Waals surface area contributed by atoms with Gasteiger partial charge in [-0.25, -0.2) is 4.98 Å². The molecule has 0 amide bonds. The summed E-state index contributed by atoms with van der Waals surface area (Å²) in [6.45, 7) is 8.89. The Labute approximate surface area is 126 Å². The number of aromatic nitrogens is 1. The first kappa shape index (κ1) is 15.2. The number of benzene rings is 1. The van der Waals surface area contributed by atoms with Crippen molar-refractivity contribution >= 4 is 11.3 Å². The van der Waals surface area contributed by atoms with E-state index in [1.807, 2.05) is 7.05 Å². The molecular weight excluding hydrogens is 264 g/mol. The summed E-state index contributed by atoms with van der Waals surface area (Å²) in [5, 5.41) is 6.80. The topological polar surface area (TPSA) is 24.9 Å². The first-order valence-corrected chi connectivity index (χ1v) is 7.99. The minimum absolute atomic E-state index is 0.114. The van der Waals surface area contributed by atoms with Gasteiger partial charge in [0.15, 0.2) is 0 Å². The predicted molar refractivity (Wildman–Crippen MR) is 87.5 cm³/mol. The standard InChI is InChI=1S/C17H24N2S/c1-12(13-9-7-6-8-10-13)15(18-5)16-19-14(11-20-16)17(2,3)4/h6-12,15,18H,1-5H3. The zero-order valence-corrected chi connectivity index (χ0v) is 13.8. The van der Waals surface area contributed by atoms with Gasteiger partial charge in [-0.3, -0.25) is 0 Å². The van der Waals surface area contributed by atoms with Crippen LogP contribution in [0.3, 0.4) is 0 Å². The maximum Gasteiger partial charge on any atom is 0.110 e. The molecule has 1 aromatic heterocycles. The van der Waals surface area contributed by atoms with Gasteiger partial charge >= 0.3 is 0 Å². The fraction of sp³-hybridized carbons (Fsp3) is 0.471. The summed E-state index contributed by atoms with van der Waals surface area (Å²) in [4.78, 5) is 4.86. The van der Waals surface area contributed by atoms with Crippen molar-refractivity contribution in [3.05, 3.63) is 52.0 Å². The SMILES string of the molecule is CNC(c1nc(C(C)(C)C)cs1)C(C)c1ccccc1. The fourth-order valence-corrected chi connectivity index (χ4v) is 3.57. The quantitative estimate of drug-likeness (QED) is 0.895. The van der Waals surface area contributed by atoms with Gasteiger partial charge in [-0.15, -0.1) is 11.3 Å². The molecular formula is C17H24N2S. The van der Waals surface area contributed by atoms with Crippen molar-refractivity contribution in [2.24, 2.45) is 0 Å². The van der Waals surface area contributed by atoms with Crippen LogP contribution in [0.2, 0.25) is 0 Å². The van der Waals surface area contributed by atoms with E-state index < -0.39 is 0 Å². The highest BCUT2D eigenvalue weighted by atomic mass is 32.1. The van der Waals surface area contributed by atoms with Gasteiger partial charge in [0.1, 0.15) is 5.01 Å². The maximum atomic E-state index is 4.86. The first-order valence-electron chi connectivity index (χ1n) is 7.11. The molecule has 2 aromatic rings. The van der Waals surface area contributed by atoms with Gasteiger partial charge in [-0.05, 0) is 12.6 Å². The summed E-state index contributed by atoms with van der Waals surface area (Å²) in [6, 6.07) is 10.9.